The molecular formula is C38H47NO3SSi. The van der Waals surface area contributed by atoms with Gasteiger partial charge < -0.3 is 17.8 Å². The molecule has 2 aromatic heterocycles. The molecule has 2 heterocycles. The predicted molar refractivity (Wildman–Crippen MR) is 192 cm³/mol. The number of hydrogen-bond acceptors (Lipinski definition) is 4. The molecule has 44 heavy (non-hydrogen) atoms. The fourth-order valence-electron chi connectivity index (χ4n) is 6.16. The number of aryl methyl sites for hydroxylation is 2. The molecule has 0 unspecified atom stereocenters. The number of unbranched alkanes of at least 4 members (excludes halogenated alkanes) is 3. The average molecular weight is 626 g/mol. The predicted octanol–water partition coefficient (Wildman–Crippen LogP) is 10.1. The van der Waals surface area contributed by atoms with Gasteiger partial charge in [0.1, 0.15) is 0 Å². The SMILES string of the molecule is CCCCCCc1cc(-c2ccc3c(c2)c2ccccc2n3CC)sc1/C=C/c1cccc([Si](OCC)(OCC)OCC)c1. The van der Waals surface area contributed by atoms with Crippen molar-refractivity contribution in [3.8, 4) is 10.4 Å². The summed E-state index contributed by atoms with van der Waals surface area (Å²) < 4.78 is 21.0. The van der Waals surface area contributed by atoms with Crippen molar-refractivity contribution in [3.05, 3.63) is 88.8 Å². The number of fused-ring (bicyclic) bond motifs is 3. The fourth-order valence-corrected chi connectivity index (χ4v) is 9.81. The van der Waals surface area contributed by atoms with Gasteiger partial charge in [0.25, 0.3) is 0 Å². The maximum Gasteiger partial charge on any atom is 0.537 e. The number of para-hydroxylation sites is 1. The summed E-state index contributed by atoms with van der Waals surface area (Å²) in [6, 6.07) is 26.7. The molecule has 0 spiro atoms. The van der Waals surface area contributed by atoms with Gasteiger partial charge >= 0.3 is 8.80 Å². The highest BCUT2D eigenvalue weighted by molar-refractivity contribution is 7.16. The van der Waals surface area contributed by atoms with Crippen LogP contribution in [0.4, 0.5) is 0 Å². The van der Waals surface area contributed by atoms with Crippen LogP contribution in [0.1, 0.15) is 76.3 Å². The van der Waals surface area contributed by atoms with Gasteiger partial charge in [-0.05, 0) is 93.6 Å². The molecule has 0 saturated heterocycles. The zero-order valence-electron chi connectivity index (χ0n) is 27.0. The van der Waals surface area contributed by atoms with Gasteiger partial charge in [0.05, 0.1) is 0 Å². The van der Waals surface area contributed by atoms with Crippen LogP contribution in [0.2, 0.25) is 0 Å². The van der Waals surface area contributed by atoms with Crippen LogP contribution in [-0.4, -0.2) is 33.2 Å². The summed E-state index contributed by atoms with van der Waals surface area (Å²) in [6.45, 7) is 13.1. The van der Waals surface area contributed by atoms with Crippen LogP contribution in [-0.2, 0) is 26.2 Å². The Bertz CT molecular complexity index is 1680. The van der Waals surface area contributed by atoms with E-state index in [1.54, 1.807) is 0 Å². The highest BCUT2D eigenvalue weighted by atomic mass is 32.1. The van der Waals surface area contributed by atoms with Crippen LogP contribution in [0.3, 0.4) is 0 Å². The van der Waals surface area contributed by atoms with Crippen molar-refractivity contribution < 1.29 is 13.3 Å². The molecule has 0 atom stereocenters. The molecule has 3 aromatic carbocycles. The molecule has 0 aliphatic carbocycles. The number of benzene rings is 3. The molecule has 0 fully saturated rings. The third kappa shape index (κ3) is 6.95. The lowest BCUT2D eigenvalue weighted by atomic mass is 10.0. The molecule has 0 aliphatic heterocycles. The van der Waals surface area contributed by atoms with Crippen molar-refractivity contribution in [2.24, 2.45) is 0 Å². The Kier molecular flexibility index (Phi) is 11.3. The molecule has 0 N–H and O–H groups in total. The third-order valence-corrected chi connectivity index (χ3v) is 12.4. The first-order chi connectivity index (χ1) is 21.6. The summed E-state index contributed by atoms with van der Waals surface area (Å²) in [5.41, 5.74) is 6.46. The van der Waals surface area contributed by atoms with E-state index in [4.69, 9.17) is 13.3 Å². The van der Waals surface area contributed by atoms with Gasteiger partial charge in [0.2, 0.25) is 0 Å². The van der Waals surface area contributed by atoms with Crippen LogP contribution >= 0.6 is 11.3 Å². The van der Waals surface area contributed by atoms with Gasteiger partial charge in [0.15, 0.2) is 0 Å². The highest BCUT2D eigenvalue weighted by Gasteiger charge is 2.43. The van der Waals surface area contributed by atoms with Crippen molar-refractivity contribution >= 4 is 59.3 Å². The topological polar surface area (TPSA) is 32.6 Å². The second kappa shape index (κ2) is 15.3. The van der Waals surface area contributed by atoms with Crippen LogP contribution < -0.4 is 5.19 Å². The van der Waals surface area contributed by atoms with Crippen molar-refractivity contribution in [1.82, 2.24) is 4.57 Å². The maximum atomic E-state index is 6.19. The molecule has 6 heteroatoms. The lowest BCUT2D eigenvalue weighted by Crippen LogP contribution is -2.56. The van der Waals surface area contributed by atoms with E-state index < -0.39 is 8.80 Å². The van der Waals surface area contributed by atoms with Crippen molar-refractivity contribution in [2.75, 3.05) is 19.8 Å². The molecule has 5 rings (SSSR count). The summed E-state index contributed by atoms with van der Waals surface area (Å²) in [7, 11) is -2.96. The van der Waals surface area contributed by atoms with E-state index >= 15 is 0 Å². The van der Waals surface area contributed by atoms with E-state index in [2.05, 4.69) is 103 Å². The Hall–Kier alpha value is -3.00. The minimum atomic E-state index is -2.96. The maximum absolute atomic E-state index is 6.19. The number of thiophene rings is 1. The minimum Gasteiger partial charge on any atom is -0.370 e. The molecule has 0 amide bonds. The second-order valence-electron chi connectivity index (χ2n) is 11.1. The van der Waals surface area contributed by atoms with Gasteiger partial charge in [-0.2, -0.15) is 0 Å². The normalized spacial score (nSPS) is 12.3. The van der Waals surface area contributed by atoms with Crippen LogP contribution in [0.5, 0.6) is 0 Å². The third-order valence-electron chi connectivity index (χ3n) is 8.18. The lowest BCUT2D eigenvalue weighted by molar-refractivity contribution is 0.0859. The standard InChI is InChI=1S/C38H47NO3SSi/c1-6-11-12-13-18-30-28-38(31-23-24-36-34(27-31)33-20-14-15-21-35(33)39(36)7-2)43-37(30)25-22-29-17-16-19-32(26-29)44(40-8-3,41-9-4)42-10-5/h14-17,19-28H,6-13,18H2,1-5H3/b25-22+. The average Bonchev–Trinajstić information content (AvgIpc) is 3.60. The molecule has 232 valence electrons. The first-order valence-electron chi connectivity index (χ1n) is 16.4. The summed E-state index contributed by atoms with van der Waals surface area (Å²) in [5.74, 6) is 0. The highest BCUT2D eigenvalue weighted by Crippen LogP contribution is 2.37. The van der Waals surface area contributed by atoms with Crippen molar-refractivity contribution in [2.45, 2.75) is 73.3 Å². The van der Waals surface area contributed by atoms with E-state index in [-0.39, 0.29) is 0 Å². The zero-order valence-corrected chi connectivity index (χ0v) is 28.8. The molecule has 0 saturated carbocycles. The van der Waals surface area contributed by atoms with E-state index in [1.807, 2.05) is 32.1 Å². The minimum absolute atomic E-state index is 0.552. The van der Waals surface area contributed by atoms with E-state index in [0.29, 0.717) is 19.8 Å². The van der Waals surface area contributed by atoms with Gasteiger partial charge in [-0.25, -0.2) is 0 Å². The Morgan fingerprint density at radius 3 is 2.18 bits per heavy atom. The summed E-state index contributed by atoms with van der Waals surface area (Å²) in [6.07, 6.45) is 10.7. The first kappa shape index (κ1) is 32.4. The largest absolute Gasteiger partial charge is 0.537 e. The summed E-state index contributed by atoms with van der Waals surface area (Å²) in [5, 5.41) is 3.67. The molecular weight excluding hydrogens is 579 g/mol. The Morgan fingerprint density at radius 1 is 0.705 bits per heavy atom. The number of hydrogen-bond donors (Lipinski definition) is 0. The second-order valence-corrected chi connectivity index (χ2v) is 14.8. The van der Waals surface area contributed by atoms with Crippen molar-refractivity contribution in [3.63, 3.8) is 0 Å². The Balaban J connectivity index is 1.51. The van der Waals surface area contributed by atoms with Crippen molar-refractivity contribution in [1.29, 1.82) is 0 Å². The van der Waals surface area contributed by atoms with E-state index in [9.17, 15) is 0 Å². The Morgan fingerprint density at radius 2 is 1.45 bits per heavy atom. The molecule has 0 bridgehead atoms. The van der Waals surface area contributed by atoms with E-state index in [1.165, 1.54) is 68.4 Å². The van der Waals surface area contributed by atoms with Gasteiger partial charge in [-0.1, -0.05) is 74.7 Å². The van der Waals surface area contributed by atoms with Gasteiger partial charge in [-0.15, -0.1) is 11.3 Å². The smallest absolute Gasteiger partial charge is 0.370 e. The van der Waals surface area contributed by atoms with E-state index in [0.717, 1.165) is 23.7 Å². The molecule has 5 aromatic rings. The fraction of sp³-hybridized carbons (Fsp3) is 0.368. The quantitative estimate of drug-likeness (QED) is 0.0808. The van der Waals surface area contributed by atoms with Crippen LogP contribution in [0.15, 0.2) is 72.8 Å². The zero-order chi connectivity index (χ0) is 30.9. The molecule has 4 nitrogen and oxygen atoms in total. The Labute approximate surface area is 268 Å². The first-order valence-corrected chi connectivity index (χ1v) is 19.0. The molecule has 0 aliphatic rings. The number of rotatable bonds is 16. The molecule has 0 radical (unpaired) electrons. The lowest BCUT2D eigenvalue weighted by Gasteiger charge is -2.28. The number of nitrogens with zero attached hydrogens (tertiary/aromatic N) is 1. The summed E-state index contributed by atoms with van der Waals surface area (Å²) in [4.78, 5) is 2.66. The van der Waals surface area contributed by atoms with Gasteiger partial charge in [0, 0.05) is 63.1 Å². The summed E-state index contributed by atoms with van der Waals surface area (Å²) >= 11 is 1.90. The van der Waals surface area contributed by atoms with Gasteiger partial charge in [-0.3, -0.25) is 0 Å². The van der Waals surface area contributed by atoms with Crippen LogP contribution in [0, 0.1) is 0 Å². The van der Waals surface area contributed by atoms with Crippen LogP contribution in [0.25, 0.3) is 44.4 Å². The monoisotopic (exact) mass is 625 g/mol. The number of aromatic nitrogens is 1.